The van der Waals surface area contributed by atoms with E-state index in [0.717, 1.165) is 0 Å². The van der Waals surface area contributed by atoms with Crippen LogP contribution in [0.5, 0.6) is 0 Å². The van der Waals surface area contributed by atoms with E-state index in [2.05, 4.69) is 20.5 Å². The van der Waals surface area contributed by atoms with Crippen LogP contribution < -0.4 is 5.32 Å². The number of nitrogens with zero attached hydrogens (tertiary/aromatic N) is 2. The molecule has 0 saturated carbocycles. The van der Waals surface area contributed by atoms with Crippen LogP contribution in [0.3, 0.4) is 0 Å². The summed E-state index contributed by atoms with van der Waals surface area (Å²) in [4.78, 5) is 25.6. The van der Waals surface area contributed by atoms with Crippen LogP contribution in [0.1, 0.15) is 24.5 Å². The maximum atomic E-state index is 11.3. The van der Waals surface area contributed by atoms with Crippen LogP contribution in [0.15, 0.2) is 6.33 Å². The quantitative estimate of drug-likeness (QED) is 0.600. The van der Waals surface area contributed by atoms with Crippen molar-refractivity contribution in [2.45, 2.75) is 19.4 Å². The third kappa shape index (κ3) is 2.06. The molecule has 1 aromatic heterocycles. The third-order valence-electron chi connectivity index (χ3n) is 1.59. The molecule has 1 amide bonds. The maximum Gasteiger partial charge on any atom is 0.328 e. The Morgan fingerprint density at radius 3 is 2.64 bits per heavy atom. The monoisotopic (exact) mass is 198 g/mol. The van der Waals surface area contributed by atoms with Gasteiger partial charge < -0.3 is 10.4 Å². The summed E-state index contributed by atoms with van der Waals surface area (Å²) in [5, 5.41) is 16.8. The molecule has 7 heteroatoms. The Morgan fingerprint density at radius 2 is 2.21 bits per heavy atom. The summed E-state index contributed by atoms with van der Waals surface area (Å²) in [7, 11) is 0. The van der Waals surface area contributed by atoms with Gasteiger partial charge >= 0.3 is 5.97 Å². The lowest BCUT2D eigenvalue weighted by atomic mass is 10.1. The smallest absolute Gasteiger partial charge is 0.328 e. The Bertz CT molecular complexity index is 344. The van der Waals surface area contributed by atoms with Gasteiger partial charge in [-0.15, -0.1) is 0 Å². The largest absolute Gasteiger partial charge is 0.480 e. The number of aromatic nitrogens is 3. The van der Waals surface area contributed by atoms with Gasteiger partial charge in [0.05, 0.1) is 0 Å². The van der Waals surface area contributed by atoms with Gasteiger partial charge in [-0.1, -0.05) is 0 Å². The molecule has 0 bridgehead atoms. The average molecular weight is 198 g/mol. The van der Waals surface area contributed by atoms with Crippen molar-refractivity contribution in [2.75, 3.05) is 0 Å². The van der Waals surface area contributed by atoms with Gasteiger partial charge in [-0.2, -0.15) is 5.10 Å². The molecule has 0 unspecified atom stereocenters. The summed E-state index contributed by atoms with van der Waals surface area (Å²) >= 11 is 0. The van der Waals surface area contributed by atoms with Crippen LogP contribution in [-0.2, 0) is 4.79 Å². The topological polar surface area (TPSA) is 108 Å². The lowest BCUT2D eigenvalue weighted by molar-refractivity contribution is -0.143. The molecule has 0 saturated heterocycles. The van der Waals surface area contributed by atoms with Crippen molar-refractivity contribution in [1.82, 2.24) is 20.5 Å². The van der Waals surface area contributed by atoms with E-state index in [9.17, 15) is 9.59 Å². The van der Waals surface area contributed by atoms with Crippen LogP contribution in [0.25, 0.3) is 0 Å². The highest BCUT2D eigenvalue weighted by atomic mass is 16.4. The summed E-state index contributed by atoms with van der Waals surface area (Å²) in [5.41, 5.74) is -1.33. The Morgan fingerprint density at radius 1 is 1.57 bits per heavy atom. The molecule has 0 spiro atoms. The molecule has 0 radical (unpaired) electrons. The summed E-state index contributed by atoms with van der Waals surface area (Å²) in [5.74, 6) is -1.74. The van der Waals surface area contributed by atoms with Gasteiger partial charge in [-0.3, -0.25) is 9.89 Å². The molecular weight excluding hydrogens is 188 g/mol. The van der Waals surface area contributed by atoms with Gasteiger partial charge in [0.25, 0.3) is 5.91 Å². The first-order chi connectivity index (χ1) is 6.43. The molecule has 1 rings (SSSR count). The van der Waals surface area contributed by atoms with Crippen LogP contribution >= 0.6 is 0 Å². The fraction of sp³-hybridized carbons (Fsp3) is 0.429. The van der Waals surface area contributed by atoms with Gasteiger partial charge in [0.2, 0.25) is 5.82 Å². The van der Waals surface area contributed by atoms with E-state index in [1.807, 2.05) is 0 Å². The van der Waals surface area contributed by atoms with Crippen molar-refractivity contribution >= 4 is 11.9 Å². The second-order valence-corrected chi connectivity index (χ2v) is 3.22. The van der Waals surface area contributed by atoms with Crippen LogP contribution in [0.2, 0.25) is 0 Å². The molecule has 1 heterocycles. The fourth-order valence-corrected chi connectivity index (χ4v) is 0.711. The molecule has 0 atom stereocenters. The normalized spacial score (nSPS) is 11.0. The summed E-state index contributed by atoms with van der Waals surface area (Å²) in [6.45, 7) is 2.76. The van der Waals surface area contributed by atoms with E-state index in [4.69, 9.17) is 5.11 Å². The summed E-state index contributed by atoms with van der Waals surface area (Å²) in [6, 6.07) is 0. The first kappa shape index (κ1) is 10.2. The number of carboxylic acid groups (broad SMARTS) is 1. The van der Waals surface area contributed by atoms with Gasteiger partial charge in [-0.05, 0) is 13.8 Å². The lowest BCUT2D eigenvalue weighted by Gasteiger charge is -2.19. The lowest BCUT2D eigenvalue weighted by Crippen LogP contribution is -2.49. The molecule has 7 nitrogen and oxygen atoms in total. The Hall–Kier alpha value is -1.92. The first-order valence-corrected chi connectivity index (χ1v) is 3.85. The predicted molar refractivity (Wildman–Crippen MR) is 45.6 cm³/mol. The number of nitrogens with one attached hydrogen (secondary N) is 2. The molecule has 0 aliphatic carbocycles. The molecule has 76 valence electrons. The van der Waals surface area contributed by atoms with Crippen molar-refractivity contribution in [2.24, 2.45) is 0 Å². The summed E-state index contributed by atoms with van der Waals surface area (Å²) in [6.07, 6.45) is 1.17. The van der Waals surface area contributed by atoms with Crippen molar-refractivity contribution in [3.8, 4) is 0 Å². The molecule has 14 heavy (non-hydrogen) atoms. The van der Waals surface area contributed by atoms with Crippen LogP contribution in [-0.4, -0.2) is 37.7 Å². The zero-order valence-corrected chi connectivity index (χ0v) is 7.74. The zero-order chi connectivity index (χ0) is 10.8. The Labute approximate surface area is 79.5 Å². The van der Waals surface area contributed by atoms with Crippen molar-refractivity contribution in [3.05, 3.63) is 12.2 Å². The minimum atomic E-state index is -1.33. The van der Waals surface area contributed by atoms with E-state index >= 15 is 0 Å². The van der Waals surface area contributed by atoms with Crippen LogP contribution in [0, 0.1) is 0 Å². The molecular formula is C7H10N4O3. The molecule has 0 aliphatic heterocycles. The number of carbonyl (C=O) groups is 2. The highest BCUT2D eigenvalue weighted by Crippen LogP contribution is 2.02. The van der Waals surface area contributed by atoms with E-state index in [-0.39, 0.29) is 5.82 Å². The maximum absolute atomic E-state index is 11.3. The zero-order valence-electron chi connectivity index (χ0n) is 7.74. The van der Waals surface area contributed by atoms with Crippen LogP contribution in [0.4, 0.5) is 0 Å². The van der Waals surface area contributed by atoms with Crippen molar-refractivity contribution in [3.63, 3.8) is 0 Å². The third-order valence-corrected chi connectivity index (χ3v) is 1.59. The Balaban J connectivity index is 2.71. The molecule has 0 aliphatic rings. The van der Waals surface area contributed by atoms with E-state index in [1.165, 1.54) is 20.2 Å². The van der Waals surface area contributed by atoms with Gasteiger partial charge in [-0.25, -0.2) is 9.78 Å². The number of hydrogen-bond acceptors (Lipinski definition) is 4. The standard InChI is InChI=1S/C7H10N4O3/c1-7(2,6(13)14)10-5(12)4-8-3-9-11-4/h3H,1-2H3,(H,10,12)(H,13,14)(H,8,9,11). The second kappa shape index (κ2) is 3.44. The number of aromatic amines is 1. The fourth-order valence-electron chi connectivity index (χ4n) is 0.711. The number of hydrogen-bond donors (Lipinski definition) is 3. The molecule has 0 fully saturated rings. The van der Waals surface area contributed by atoms with Gasteiger partial charge in [0.1, 0.15) is 11.9 Å². The molecule has 3 N–H and O–H groups in total. The number of H-pyrrole nitrogens is 1. The number of carboxylic acids is 1. The van der Waals surface area contributed by atoms with E-state index in [1.54, 1.807) is 0 Å². The minimum Gasteiger partial charge on any atom is -0.480 e. The number of amides is 1. The predicted octanol–water partition coefficient (Wildman–Crippen LogP) is -0.602. The minimum absolute atomic E-state index is 0.0145. The molecule has 0 aromatic carbocycles. The van der Waals surface area contributed by atoms with E-state index < -0.39 is 17.4 Å². The Kier molecular flexibility index (Phi) is 2.50. The van der Waals surface area contributed by atoms with Gasteiger partial charge in [0.15, 0.2) is 0 Å². The first-order valence-electron chi connectivity index (χ1n) is 3.85. The van der Waals surface area contributed by atoms with Crippen molar-refractivity contribution in [1.29, 1.82) is 0 Å². The van der Waals surface area contributed by atoms with Gasteiger partial charge in [0, 0.05) is 0 Å². The highest BCUT2D eigenvalue weighted by molar-refractivity contribution is 5.94. The number of carbonyl (C=O) groups excluding carboxylic acids is 1. The van der Waals surface area contributed by atoms with Crippen molar-refractivity contribution < 1.29 is 14.7 Å². The molecule has 1 aromatic rings. The van der Waals surface area contributed by atoms with E-state index in [0.29, 0.717) is 0 Å². The average Bonchev–Trinajstić information content (AvgIpc) is 2.54. The second-order valence-electron chi connectivity index (χ2n) is 3.22. The highest BCUT2D eigenvalue weighted by Gasteiger charge is 2.30. The number of aliphatic carboxylic acids is 1. The number of rotatable bonds is 3. The summed E-state index contributed by atoms with van der Waals surface area (Å²) < 4.78 is 0. The SMILES string of the molecule is CC(C)(NC(=O)c1ncn[nH]1)C(=O)O.